The van der Waals surface area contributed by atoms with Gasteiger partial charge in [-0.25, -0.2) is 19.3 Å². The highest BCUT2D eigenvalue weighted by Crippen LogP contribution is 2.32. The molecule has 0 aliphatic rings. The molecule has 41 heavy (non-hydrogen) atoms. The van der Waals surface area contributed by atoms with E-state index < -0.39 is 0 Å². The predicted molar refractivity (Wildman–Crippen MR) is 154 cm³/mol. The van der Waals surface area contributed by atoms with Crippen LogP contribution in [0, 0.1) is 5.82 Å². The molecule has 0 atom stereocenters. The zero-order chi connectivity index (χ0) is 27.8. The van der Waals surface area contributed by atoms with Crippen molar-refractivity contribution in [3.63, 3.8) is 0 Å². The maximum atomic E-state index is 14.6. The van der Waals surface area contributed by atoms with Gasteiger partial charge < -0.3 is 10.3 Å². The molecular weight excluding hydrogens is 519 g/mol. The van der Waals surface area contributed by atoms with Gasteiger partial charge in [0.25, 0.3) is 0 Å². The van der Waals surface area contributed by atoms with Crippen LogP contribution in [0.1, 0.15) is 5.56 Å². The number of aromatic amines is 2. The van der Waals surface area contributed by atoms with Crippen LogP contribution in [-0.2, 0) is 11.2 Å². The molecule has 3 N–H and O–H groups in total. The molecule has 0 bridgehead atoms. The van der Waals surface area contributed by atoms with E-state index in [1.165, 1.54) is 6.07 Å². The molecule has 0 unspecified atom stereocenters. The second-order valence-corrected chi connectivity index (χ2v) is 9.46. The second kappa shape index (κ2) is 10.1. The number of hydrogen-bond donors (Lipinski definition) is 3. The monoisotopic (exact) mass is 540 g/mol. The number of fused-ring (bicyclic) bond motifs is 2. The Morgan fingerprint density at radius 3 is 2.63 bits per heavy atom. The van der Waals surface area contributed by atoms with E-state index in [-0.39, 0.29) is 18.1 Å². The van der Waals surface area contributed by atoms with Crippen LogP contribution in [0.3, 0.4) is 0 Å². The summed E-state index contributed by atoms with van der Waals surface area (Å²) in [5, 5.41) is 10.4. The average molecular weight is 541 g/mol. The first-order valence-corrected chi connectivity index (χ1v) is 12.9. The smallest absolute Gasteiger partial charge is 0.228 e. The number of pyridine rings is 3. The van der Waals surface area contributed by atoms with E-state index in [0.717, 1.165) is 11.1 Å². The van der Waals surface area contributed by atoms with Crippen molar-refractivity contribution < 1.29 is 9.18 Å². The minimum Gasteiger partial charge on any atom is -0.335 e. The van der Waals surface area contributed by atoms with Gasteiger partial charge in [-0.05, 0) is 35.9 Å². The summed E-state index contributed by atoms with van der Waals surface area (Å²) < 4.78 is 14.6. The molecule has 0 spiro atoms. The highest BCUT2D eigenvalue weighted by molar-refractivity contribution is 5.95. The summed E-state index contributed by atoms with van der Waals surface area (Å²) in [6, 6.07) is 23.4. The first-order valence-electron chi connectivity index (χ1n) is 12.9. The summed E-state index contributed by atoms with van der Waals surface area (Å²) in [6.07, 6.45) is 5.15. The fourth-order valence-electron chi connectivity index (χ4n) is 4.79. The zero-order valence-electron chi connectivity index (χ0n) is 21.5. The number of carbonyl (C=O) groups is 1. The lowest BCUT2D eigenvalue weighted by molar-refractivity contribution is -0.115. The Morgan fingerprint density at radius 2 is 1.76 bits per heavy atom. The van der Waals surface area contributed by atoms with Crippen LogP contribution in [0.15, 0.2) is 97.5 Å². The van der Waals surface area contributed by atoms with Gasteiger partial charge >= 0.3 is 0 Å². The molecule has 9 nitrogen and oxygen atoms in total. The third-order valence-corrected chi connectivity index (χ3v) is 6.71. The van der Waals surface area contributed by atoms with Crippen molar-refractivity contribution >= 4 is 33.8 Å². The van der Waals surface area contributed by atoms with Gasteiger partial charge in [0, 0.05) is 29.1 Å². The number of aromatic nitrogens is 7. The van der Waals surface area contributed by atoms with Crippen LogP contribution in [-0.4, -0.2) is 41.0 Å². The van der Waals surface area contributed by atoms with Crippen LogP contribution < -0.4 is 5.32 Å². The largest absolute Gasteiger partial charge is 0.335 e. The number of nitrogens with zero attached hydrogens (tertiary/aromatic N) is 5. The molecule has 0 aliphatic carbocycles. The van der Waals surface area contributed by atoms with Crippen molar-refractivity contribution in [1.82, 2.24) is 35.1 Å². The number of H-pyrrole nitrogens is 2. The van der Waals surface area contributed by atoms with Crippen LogP contribution >= 0.6 is 0 Å². The van der Waals surface area contributed by atoms with Gasteiger partial charge in [0.2, 0.25) is 5.91 Å². The molecule has 0 fully saturated rings. The van der Waals surface area contributed by atoms with Crippen molar-refractivity contribution in [1.29, 1.82) is 0 Å². The number of nitrogens with one attached hydrogen (secondary N) is 3. The molecule has 0 aliphatic heterocycles. The fraction of sp³-hybridized carbons (Fsp3) is 0.0323. The number of anilines is 1. The Labute approximate surface area is 232 Å². The molecule has 2 aromatic carbocycles. The number of carbonyl (C=O) groups excluding carboxylic acids is 1. The van der Waals surface area contributed by atoms with Gasteiger partial charge in [-0.3, -0.25) is 14.9 Å². The van der Waals surface area contributed by atoms with Gasteiger partial charge in [0.1, 0.15) is 11.3 Å². The Balaban J connectivity index is 1.22. The summed E-state index contributed by atoms with van der Waals surface area (Å²) in [7, 11) is 0. The van der Waals surface area contributed by atoms with E-state index in [9.17, 15) is 9.18 Å². The zero-order valence-corrected chi connectivity index (χ0v) is 21.5. The second-order valence-electron chi connectivity index (χ2n) is 9.46. The minimum atomic E-state index is -0.334. The third kappa shape index (κ3) is 4.67. The Hall–Kier alpha value is -5.77. The molecule has 0 radical (unpaired) electrons. The highest BCUT2D eigenvalue weighted by Gasteiger charge is 2.18. The summed E-state index contributed by atoms with van der Waals surface area (Å²) >= 11 is 0. The summed E-state index contributed by atoms with van der Waals surface area (Å²) in [6.45, 7) is 0. The van der Waals surface area contributed by atoms with Gasteiger partial charge in [-0.2, -0.15) is 5.10 Å². The van der Waals surface area contributed by atoms with Gasteiger partial charge in [-0.15, -0.1) is 0 Å². The topological polar surface area (TPSA) is 125 Å². The molecule has 0 saturated heterocycles. The van der Waals surface area contributed by atoms with Crippen molar-refractivity contribution in [2.24, 2.45) is 0 Å². The molecule has 1 amide bonds. The number of hydrogen-bond acceptors (Lipinski definition) is 6. The Kier molecular flexibility index (Phi) is 5.97. The van der Waals surface area contributed by atoms with E-state index in [1.54, 1.807) is 42.9 Å². The maximum absolute atomic E-state index is 14.6. The lowest BCUT2D eigenvalue weighted by Gasteiger charge is -2.07. The average Bonchev–Trinajstić information content (AvgIpc) is 3.62. The summed E-state index contributed by atoms with van der Waals surface area (Å²) in [5.74, 6) is -0.0176. The fourth-order valence-corrected chi connectivity index (χ4v) is 4.79. The summed E-state index contributed by atoms with van der Waals surface area (Å²) in [4.78, 5) is 34.0. The Morgan fingerprint density at radius 1 is 0.902 bits per heavy atom. The highest BCUT2D eigenvalue weighted by atomic mass is 19.1. The van der Waals surface area contributed by atoms with E-state index in [2.05, 4.69) is 35.5 Å². The molecule has 7 rings (SSSR count). The lowest BCUT2D eigenvalue weighted by atomic mass is 10.1. The molecule has 7 aromatic rings. The first kappa shape index (κ1) is 24.3. The number of benzene rings is 2. The van der Waals surface area contributed by atoms with Crippen LogP contribution in [0.25, 0.3) is 56.1 Å². The Bertz CT molecular complexity index is 2050. The molecular formula is C31H21FN8O. The standard InChI is InChI=1S/C31H21FN8O/c32-23-9-5-4-8-21(23)22-12-13-34-30-27(22)37-31(38-30)29-28-25(39-40-29)11-10-24(36-28)19-15-20(17-33-16-19)35-26(41)14-18-6-2-1-3-7-18/h1-13,15-17H,14H2,(H,35,41)(H,39,40)(H,34,37,38). The first-order chi connectivity index (χ1) is 20.1. The van der Waals surface area contributed by atoms with Crippen molar-refractivity contribution in [2.75, 3.05) is 5.32 Å². The molecule has 0 saturated carbocycles. The van der Waals surface area contributed by atoms with Crippen LogP contribution in [0.2, 0.25) is 0 Å². The molecule has 10 heteroatoms. The SMILES string of the molecule is O=C(Cc1ccccc1)Nc1cncc(-c2ccc3[nH]nc(-c4nc5nccc(-c6ccccc6F)c5[nH]4)c3n2)c1. The maximum Gasteiger partial charge on any atom is 0.228 e. The number of amides is 1. The van der Waals surface area contributed by atoms with Gasteiger partial charge in [0.15, 0.2) is 17.2 Å². The minimum absolute atomic E-state index is 0.135. The van der Waals surface area contributed by atoms with Crippen LogP contribution in [0.4, 0.5) is 10.1 Å². The normalized spacial score (nSPS) is 11.2. The van der Waals surface area contributed by atoms with Crippen molar-refractivity contribution in [3.8, 4) is 33.9 Å². The number of halogens is 1. The van der Waals surface area contributed by atoms with E-state index >= 15 is 0 Å². The van der Waals surface area contributed by atoms with E-state index in [4.69, 9.17) is 4.98 Å². The third-order valence-electron chi connectivity index (χ3n) is 6.71. The van der Waals surface area contributed by atoms with Gasteiger partial charge in [0.05, 0.1) is 35.0 Å². The van der Waals surface area contributed by atoms with Crippen molar-refractivity contribution in [3.05, 3.63) is 109 Å². The van der Waals surface area contributed by atoms with Crippen LogP contribution in [0.5, 0.6) is 0 Å². The van der Waals surface area contributed by atoms with Crippen molar-refractivity contribution in [2.45, 2.75) is 6.42 Å². The summed E-state index contributed by atoms with van der Waals surface area (Å²) in [5.41, 5.74) is 6.82. The van der Waals surface area contributed by atoms with E-state index in [1.807, 2.05) is 48.5 Å². The van der Waals surface area contributed by atoms with Gasteiger partial charge in [-0.1, -0.05) is 48.5 Å². The molecule has 198 valence electrons. The molecule has 5 heterocycles. The quantitative estimate of drug-likeness (QED) is 0.240. The number of rotatable bonds is 6. The lowest BCUT2D eigenvalue weighted by Crippen LogP contribution is -2.14. The number of imidazole rings is 1. The van der Waals surface area contributed by atoms with E-state index in [0.29, 0.717) is 56.2 Å². The molecule has 5 aromatic heterocycles. The predicted octanol–water partition coefficient (Wildman–Crippen LogP) is 5.95.